The molecule has 3 N–H and O–H groups in total. The van der Waals surface area contributed by atoms with E-state index in [-0.39, 0.29) is 17.9 Å². The summed E-state index contributed by atoms with van der Waals surface area (Å²) in [6.07, 6.45) is 6.37. The van der Waals surface area contributed by atoms with Crippen molar-refractivity contribution in [1.29, 1.82) is 0 Å². The molecule has 3 rings (SSSR count). The quantitative estimate of drug-likeness (QED) is 0.851. The second-order valence-electron chi connectivity index (χ2n) is 5.44. The van der Waals surface area contributed by atoms with Gasteiger partial charge in [0.2, 0.25) is 5.82 Å². The summed E-state index contributed by atoms with van der Waals surface area (Å²) in [5, 5.41) is 6.93. The van der Waals surface area contributed by atoms with E-state index in [9.17, 15) is 9.59 Å². The average Bonchev–Trinajstić information content (AvgIpc) is 3.24. The number of carbonyl (C=O) groups excluding carboxylic acids is 2. The Morgan fingerprint density at radius 1 is 1.48 bits per heavy atom. The molecule has 23 heavy (non-hydrogen) atoms. The minimum Gasteiger partial charge on any atom is -0.472 e. The number of hydrogen-bond donors (Lipinski definition) is 2. The van der Waals surface area contributed by atoms with Crippen LogP contribution in [0.15, 0.2) is 29.3 Å². The first-order chi connectivity index (χ1) is 11.1. The number of hydrogen-bond acceptors (Lipinski definition) is 5. The Kier molecular flexibility index (Phi) is 4.26. The van der Waals surface area contributed by atoms with Gasteiger partial charge in [-0.3, -0.25) is 4.79 Å². The summed E-state index contributed by atoms with van der Waals surface area (Å²) in [5.74, 6) is -0.666. The molecule has 2 aromatic heterocycles. The summed E-state index contributed by atoms with van der Waals surface area (Å²) in [6, 6.07) is 1.66. The summed E-state index contributed by atoms with van der Waals surface area (Å²) >= 11 is 0. The van der Waals surface area contributed by atoms with E-state index in [0.29, 0.717) is 19.6 Å². The molecule has 0 saturated carbocycles. The molecule has 0 unspecified atom stereocenters. The van der Waals surface area contributed by atoms with Crippen molar-refractivity contribution in [2.45, 2.75) is 25.4 Å². The molecular formula is C14H18N6O3. The highest BCUT2D eigenvalue weighted by molar-refractivity contribution is 5.88. The van der Waals surface area contributed by atoms with Crippen molar-refractivity contribution in [1.82, 2.24) is 25.0 Å². The van der Waals surface area contributed by atoms with E-state index in [2.05, 4.69) is 15.4 Å². The maximum absolute atomic E-state index is 12.2. The molecule has 3 heterocycles. The van der Waals surface area contributed by atoms with Crippen molar-refractivity contribution in [2.75, 3.05) is 13.1 Å². The summed E-state index contributed by atoms with van der Waals surface area (Å²) in [7, 11) is 0. The van der Waals surface area contributed by atoms with E-state index in [0.717, 1.165) is 18.4 Å². The van der Waals surface area contributed by atoms with Gasteiger partial charge in [0.25, 0.3) is 5.91 Å². The van der Waals surface area contributed by atoms with Gasteiger partial charge in [0.1, 0.15) is 6.33 Å². The Morgan fingerprint density at radius 2 is 2.35 bits per heavy atom. The van der Waals surface area contributed by atoms with Crippen LogP contribution in [0.3, 0.4) is 0 Å². The van der Waals surface area contributed by atoms with Crippen molar-refractivity contribution in [2.24, 2.45) is 5.73 Å². The Morgan fingerprint density at radius 3 is 3.04 bits per heavy atom. The molecule has 9 heteroatoms. The predicted octanol–water partition coefficient (Wildman–Crippen LogP) is 0.517. The number of aromatic nitrogens is 3. The zero-order valence-electron chi connectivity index (χ0n) is 12.5. The first kappa shape index (κ1) is 15.1. The monoisotopic (exact) mass is 318 g/mol. The first-order valence-corrected chi connectivity index (χ1v) is 7.38. The number of nitrogens with two attached hydrogens (primary N) is 1. The van der Waals surface area contributed by atoms with Gasteiger partial charge in [-0.2, -0.15) is 0 Å². The summed E-state index contributed by atoms with van der Waals surface area (Å²) in [6.45, 7) is 1.62. The van der Waals surface area contributed by atoms with Gasteiger partial charge >= 0.3 is 6.03 Å². The SMILES string of the molecule is NC(=O)c1ncn([C@H]2CCCN(C(=O)NCc3ccoc3)C2)n1. The fourth-order valence-corrected chi connectivity index (χ4v) is 2.60. The maximum Gasteiger partial charge on any atom is 0.317 e. The van der Waals surface area contributed by atoms with Crippen molar-refractivity contribution >= 4 is 11.9 Å². The second-order valence-corrected chi connectivity index (χ2v) is 5.44. The van der Waals surface area contributed by atoms with E-state index in [1.54, 1.807) is 28.2 Å². The number of urea groups is 1. The Bertz CT molecular complexity index is 681. The van der Waals surface area contributed by atoms with Crippen LogP contribution < -0.4 is 11.1 Å². The minimum absolute atomic E-state index is 0.00784. The number of piperidine rings is 1. The molecule has 1 aliphatic rings. The van der Waals surface area contributed by atoms with Crippen LogP contribution in [0.25, 0.3) is 0 Å². The van der Waals surface area contributed by atoms with Crippen molar-refractivity contribution in [3.05, 3.63) is 36.3 Å². The third-order valence-corrected chi connectivity index (χ3v) is 3.81. The highest BCUT2D eigenvalue weighted by atomic mass is 16.3. The Balaban J connectivity index is 1.58. The molecule has 1 aliphatic heterocycles. The third kappa shape index (κ3) is 3.50. The largest absolute Gasteiger partial charge is 0.472 e. The van der Waals surface area contributed by atoms with Gasteiger partial charge in [-0.1, -0.05) is 0 Å². The van der Waals surface area contributed by atoms with Gasteiger partial charge in [-0.25, -0.2) is 14.5 Å². The number of primary amides is 1. The molecule has 1 saturated heterocycles. The standard InChI is InChI=1S/C14H18N6O3/c15-12(21)13-17-9-20(18-13)11-2-1-4-19(7-11)14(22)16-6-10-3-5-23-8-10/h3,5,8-9,11H,1-2,4,6-7H2,(H2,15,21)(H,16,22)/t11-/m0/s1. The number of nitrogens with one attached hydrogen (secondary N) is 1. The van der Waals surface area contributed by atoms with Crippen LogP contribution >= 0.6 is 0 Å². The third-order valence-electron chi connectivity index (χ3n) is 3.81. The second kappa shape index (κ2) is 6.51. The number of amides is 3. The number of likely N-dealkylation sites (tertiary alicyclic amines) is 1. The first-order valence-electron chi connectivity index (χ1n) is 7.38. The molecule has 0 aliphatic carbocycles. The highest BCUT2D eigenvalue weighted by Crippen LogP contribution is 2.20. The lowest BCUT2D eigenvalue weighted by Gasteiger charge is -2.32. The summed E-state index contributed by atoms with van der Waals surface area (Å²) in [5.41, 5.74) is 6.07. The zero-order chi connectivity index (χ0) is 16.2. The highest BCUT2D eigenvalue weighted by Gasteiger charge is 2.26. The van der Waals surface area contributed by atoms with E-state index < -0.39 is 5.91 Å². The average molecular weight is 318 g/mol. The normalized spacial score (nSPS) is 17.9. The Hall–Kier alpha value is -2.84. The van der Waals surface area contributed by atoms with Gasteiger partial charge < -0.3 is 20.4 Å². The van der Waals surface area contributed by atoms with Crippen LogP contribution in [0.5, 0.6) is 0 Å². The number of nitrogens with zero attached hydrogens (tertiary/aromatic N) is 4. The van der Waals surface area contributed by atoms with Crippen LogP contribution in [0.2, 0.25) is 0 Å². The molecule has 1 fully saturated rings. The number of furan rings is 1. The van der Waals surface area contributed by atoms with Crippen LogP contribution in [-0.2, 0) is 6.54 Å². The smallest absolute Gasteiger partial charge is 0.317 e. The van der Waals surface area contributed by atoms with Crippen LogP contribution in [0.1, 0.15) is 35.1 Å². The van der Waals surface area contributed by atoms with Crippen LogP contribution in [-0.4, -0.2) is 44.7 Å². The molecule has 0 aromatic carbocycles. The number of rotatable bonds is 4. The fourth-order valence-electron chi connectivity index (χ4n) is 2.60. The van der Waals surface area contributed by atoms with E-state index >= 15 is 0 Å². The molecule has 3 amide bonds. The lowest BCUT2D eigenvalue weighted by Crippen LogP contribution is -2.45. The van der Waals surface area contributed by atoms with Gasteiger partial charge in [0.05, 0.1) is 18.6 Å². The minimum atomic E-state index is -0.658. The fraction of sp³-hybridized carbons (Fsp3) is 0.429. The molecule has 2 aromatic rings. The Labute approximate surface area is 132 Å². The lowest BCUT2D eigenvalue weighted by atomic mass is 10.1. The van der Waals surface area contributed by atoms with Crippen LogP contribution in [0.4, 0.5) is 4.79 Å². The van der Waals surface area contributed by atoms with E-state index in [4.69, 9.17) is 10.2 Å². The summed E-state index contributed by atoms with van der Waals surface area (Å²) < 4.78 is 6.57. The molecule has 9 nitrogen and oxygen atoms in total. The maximum atomic E-state index is 12.2. The molecular weight excluding hydrogens is 300 g/mol. The van der Waals surface area contributed by atoms with Crippen molar-refractivity contribution in [3.8, 4) is 0 Å². The zero-order valence-corrected chi connectivity index (χ0v) is 12.5. The van der Waals surface area contributed by atoms with Gasteiger partial charge in [-0.05, 0) is 18.9 Å². The molecule has 0 radical (unpaired) electrons. The van der Waals surface area contributed by atoms with Crippen molar-refractivity contribution < 1.29 is 14.0 Å². The van der Waals surface area contributed by atoms with E-state index in [1.165, 1.54) is 6.33 Å². The number of carbonyl (C=O) groups is 2. The summed E-state index contributed by atoms with van der Waals surface area (Å²) in [4.78, 5) is 28.9. The van der Waals surface area contributed by atoms with Gasteiger partial charge in [0.15, 0.2) is 0 Å². The molecule has 1 atom stereocenters. The van der Waals surface area contributed by atoms with Crippen molar-refractivity contribution in [3.63, 3.8) is 0 Å². The van der Waals surface area contributed by atoms with Crippen LogP contribution in [0, 0.1) is 0 Å². The topological polar surface area (TPSA) is 119 Å². The molecule has 0 spiro atoms. The van der Waals surface area contributed by atoms with Gasteiger partial charge in [-0.15, -0.1) is 5.10 Å². The van der Waals surface area contributed by atoms with E-state index in [1.807, 2.05) is 0 Å². The molecule has 122 valence electrons. The molecule has 0 bridgehead atoms. The van der Waals surface area contributed by atoms with Gasteiger partial charge in [0, 0.05) is 25.2 Å². The predicted molar refractivity (Wildman–Crippen MR) is 79.3 cm³/mol. The lowest BCUT2D eigenvalue weighted by molar-refractivity contribution is 0.0989.